The summed E-state index contributed by atoms with van der Waals surface area (Å²) >= 11 is 5.87. The summed E-state index contributed by atoms with van der Waals surface area (Å²) in [6.07, 6.45) is 1.75. The van der Waals surface area contributed by atoms with Crippen LogP contribution in [-0.4, -0.2) is 48.3 Å². The Kier molecular flexibility index (Phi) is 7.25. The number of likely N-dealkylation sites (tertiary alicyclic amines) is 1. The van der Waals surface area contributed by atoms with E-state index in [1.165, 1.54) is 0 Å². The molecule has 2 aromatic rings. The van der Waals surface area contributed by atoms with Gasteiger partial charge in [0.15, 0.2) is 0 Å². The molecule has 152 valence electrons. The van der Waals surface area contributed by atoms with E-state index >= 15 is 0 Å². The van der Waals surface area contributed by atoms with Crippen LogP contribution in [0.25, 0.3) is 0 Å². The number of benzene rings is 2. The molecule has 0 atom stereocenters. The second-order valence-corrected chi connectivity index (χ2v) is 7.51. The maximum absolute atomic E-state index is 12.5. The average molecular weight is 414 g/mol. The molecule has 3 amide bonds. The summed E-state index contributed by atoms with van der Waals surface area (Å²) < 4.78 is 0. The van der Waals surface area contributed by atoms with Crippen LogP contribution < -0.4 is 10.6 Å². The van der Waals surface area contributed by atoms with E-state index < -0.39 is 0 Å². The number of hydrogen-bond donors (Lipinski definition) is 2. The maximum atomic E-state index is 12.5. The van der Waals surface area contributed by atoms with Crippen molar-refractivity contribution in [3.05, 3.63) is 70.7 Å². The number of carbonyl (C=O) groups is 3. The second-order valence-electron chi connectivity index (χ2n) is 7.07. The molecular weight excluding hydrogens is 390 g/mol. The molecule has 7 heteroatoms. The van der Waals surface area contributed by atoms with E-state index in [0.29, 0.717) is 42.9 Å². The van der Waals surface area contributed by atoms with E-state index in [2.05, 4.69) is 10.6 Å². The lowest BCUT2D eigenvalue weighted by Gasteiger charge is -2.32. The second kappa shape index (κ2) is 10.1. The van der Waals surface area contributed by atoms with Gasteiger partial charge in [0, 0.05) is 29.7 Å². The van der Waals surface area contributed by atoms with Crippen LogP contribution >= 0.6 is 11.6 Å². The summed E-state index contributed by atoms with van der Waals surface area (Å²) in [5.74, 6) is -0.421. The van der Waals surface area contributed by atoms with Crippen molar-refractivity contribution >= 4 is 29.3 Å². The minimum atomic E-state index is -0.275. The van der Waals surface area contributed by atoms with Crippen molar-refractivity contribution in [3.63, 3.8) is 0 Å². The summed E-state index contributed by atoms with van der Waals surface area (Å²) in [7, 11) is 0. The van der Waals surface area contributed by atoms with Gasteiger partial charge in [0.1, 0.15) is 0 Å². The standard InChI is InChI=1S/C22H24ClN3O3/c23-18-8-6-16(7-9-18)14-21(28)26-12-10-19(11-13-26)25-20(27)15-24-22(29)17-4-2-1-3-5-17/h1-9,19H,10-15H2,(H,24,29)(H,25,27). The molecule has 1 saturated heterocycles. The SMILES string of the molecule is O=C(CNC(=O)c1ccccc1)NC1CCN(C(=O)Cc2ccc(Cl)cc2)CC1. The van der Waals surface area contributed by atoms with Gasteiger partial charge in [-0.3, -0.25) is 14.4 Å². The Bertz CT molecular complexity index is 847. The Morgan fingerprint density at radius 2 is 1.62 bits per heavy atom. The first kappa shape index (κ1) is 20.9. The third kappa shape index (κ3) is 6.32. The fourth-order valence-electron chi connectivity index (χ4n) is 3.29. The molecule has 3 rings (SSSR count). The molecule has 6 nitrogen and oxygen atoms in total. The Morgan fingerprint density at radius 1 is 0.966 bits per heavy atom. The van der Waals surface area contributed by atoms with Gasteiger partial charge < -0.3 is 15.5 Å². The monoisotopic (exact) mass is 413 g/mol. The zero-order chi connectivity index (χ0) is 20.6. The molecule has 0 saturated carbocycles. The van der Waals surface area contributed by atoms with Crippen molar-refractivity contribution < 1.29 is 14.4 Å². The van der Waals surface area contributed by atoms with E-state index in [9.17, 15) is 14.4 Å². The van der Waals surface area contributed by atoms with Crippen molar-refractivity contribution in [2.24, 2.45) is 0 Å². The molecule has 1 heterocycles. The van der Waals surface area contributed by atoms with Gasteiger partial charge in [-0.15, -0.1) is 0 Å². The van der Waals surface area contributed by atoms with Gasteiger partial charge in [-0.1, -0.05) is 41.9 Å². The molecule has 29 heavy (non-hydrogen) atoms. The lowest BCUT2D eigenvalue weighted by molar-refractivity contribution is -0.131. The summed E-state index contributed by atoms with van der Waals surface area (Å²) in [6.45, 7) is 1.14. The first-order valence-electron chi connectivity index (χ1n) is 9.66. The molecule has 0 unspecified atom stereocenters. The molecule has 1 aliphatic rings. The van der Waals surface area contributed by atoms with Gasteiger partial charge in [-0.05, 0) is 42.7 Å². The minimum Gasteiger partial charge on any atom is -0.352 e. The third-order valence-corrected chi connectivity index (χ3v) is 5.18. The van der Waals surface area contributed by atoms with Crippen LogP contribution in [0.15, 0.2) is 54.6 Å². The summed E-state index contributed by atoms with van der Waals surface area (Å²) in [6, 6.07) is 16.1. The zero-order valence-electron chi connectivity index (χ0n) is 16.1. The lowest BCUT2D eigenvalue weighted by atomic mass is 10.0. The molecule has 1 fully saturated rings. The highest BCUT2D eigenvalue weighted by Gasteiger charge is 2.24. The Hall–Kier alpha value is -2.86. The van der Waals surface area contributed by atoms with E-state index in [1.807, 2.05) is 23.1 Å². The number of piperidine rings is 1. The van der Waals surface area contributed by atoms with Gasteiger partial charge in [0.05, 0.1) is 13.0 Å². The maximum Gasteiger partial charge on any atom is 0.251 e. The van der Waals surface area contributed by atoms with Crippen LogP contribution in [0.3, 0.4) is 0 Å². The number of halogens is 1. The molecule has 2 N–H and O–H groups in total. The van der Waals surface area contributed by atoms with Crippen molar-refractivity contribution in [3.8, 4) is 0 Å². The average Bonchev–Trinajstić information content (AvgIpc) is 2.75. The molecule has 0 aromatic heterocycles. The molecule has 1 aliphatic heterocycles. The predicted octanol–water partition coefficient (Wildman–Crippen LogP) is 2.42. The van der Waals surface area contributed by atoms with Gasteiger partial charge in [-0.2, -0.15) is 0 Å². The van der Waals surface area contributed by atoms with E-state index in [4.69, 9.17) is 11.6 Å². The van der Waals surface area contributed by atoms with Gasteiger partial charge in [-0.25, -0.2) is 0 Å². The number of amides is 3. The Labute approximate surface area is 175 Å². The topological polar surface area (TPSA) is 78.5 Å². The third-order valence-electron chi connectivity index (χ3n) is 4.93. The number of nitrogens with one attached hydrogen (secondary N) is 2. The number of hydrogen-bond acceptors (Lipinski definition) is 3. The van der Waals surface area contributed by atoms with Crippen LogP contribution in [0.2, 0.25) is 5.02 Å². The van der Waals surface area contributed by atoms with E-state index in [1.54, 1.807) is 36.4 Å². The normalized spacial score (nSPS) is 14.3. The highest BCUT2D eigenvalue weighted by molar-refractivity contribution is 6.30. The van der Waals surface area contributed by atoms with Crippen LogP contribution in [0, 0.1) is 0 Å². The van der Waals surface area contributed by atoms with Crippen LogP contribution in [0.1, 0.15) is 28.8 Å². The molecule has 2 aromatic carbocycles. The molecular formula is C22H24ClN3O3. The van der Waals surface area contributed by atoms with Crippen molar-refractivity contribution in [1.82, 2.24) is 15.5 Å². The smallest absolute Gasteiger partial charge is 0.251 e. The molecule has 0 radical (unpaired) electrons. The predicted molar refractivity (Wildman–Crippen MR) is 112 cm³/mol. The quantitative estimate of drug-likeness (QED) is 0.763. The molecule has 0 aliphatic carbocycles. The number of carbonyl (C=O) groups excluding carboxylic acids is 3. The van der Waals surface area contributed by atoms with Crippen LogP contribution in [0.5, 0.6) is 0 Å². The summed E-state index contributed by atoms with van der Waals surface area (Å²) in [4.78, 5) is 38.4. The van der Waals surface area contributed by atoms with Gasteiger partial charge in [0.25, 0.3) is 5.91 Å². The van der Waals surface area contributed by atoms with E-state index in [-0.39, 0.29) is 30.3 Å². The first-order chi connectivity index (χ1) is 14.0. The first-order valence-corrected chi connectivity index (χ1v) is 10.0. The number of rotatable bonds is 6. The fourth-order valence-corrected chi connectivity index (χ4v) is 3.42. The van der Waals surface area contributed by atoms with Crippen molar-refractivity contribution in [2.45, 2.75) is 25.3 Å². The highest BCUT2D eigenvalue weighted by atomic mass is 35.5. The van der Waals surface area contributed by atoms with Crippen molar-refractivity contribution in [2.75, 3.05) is 19.6 Å². The van der Waals surface area contributed by atoms with Crippen LogP contribution in [-0.2, 0) is 16.0 Å². The Balaban J connectivity index is 1.37. The molecule has 0 spiro atoms. The van der Waals surface area contributed by atoms with Crippen molar-refractivity contribution in [1.29, 1.82) is 0 Å². The Morgan fingerprint density at radius 3 is 2.28 bits per heavy atom. The summed E-state index contributed by atoms with van der Waals surface area (Å²) in [5, 5.41) is 6.21. The molecule has 0 bridgehead atoms. The summed E-state index contributed by atoms with van der Waals surface area (Å²) in [5.41, 5.74) is 1.46. The highest BCUT2D eigenvalue weighted by Crippen LogP contribution is 2.14. The largest absolute Gasteiger partial charge is 0.352 e. The fraction of sp³-hybridized carbons (Fsp3) is 0.318. The van der Waals surface area contributed by atoms with E-state index in [0.717, 1.165) is 5.56 Å². The minimum absolute atomic E-state index is 0.00992. The zero-order valence-corrected chi connectivity index (χ0v) is 16.8. The van der Waals surface area contributed by atoms with Gasteiger partial charge >= 0.3 is 0 Å². The number of nitrogens with zero attached hydrogens (tertiary/aromatic N) is 1. The van der Waals surface area contributed by atoms with Crippen LogP contribution in [0.4, 0.5) is 0 Å². The lowest BCUT2D eigenvalue weighted by Crippen LogP contribution is -2.49. The van der Waals surface area contributed by atoms with Gasteiger partial charge in [0.2, 0.25) is 11.8 Å².